The highest BCUT2D eigenvalue weighted by atomic mass is 16.5. The lowest BCUT2D eigenvalue weighted by atomic mass is 10.1. The fourth-order valence-corrected chi connectivity index (χ4v) is 2.56. The molecular formula is C15H15N3O3. The third-order valence-electron chi connectivity index (χ3n) is 3.61. The molecule has 108 valence electrons. The van der Waals surface area contributed by atoms with Gasteiger partial charge in [-0.3, -0.25) is 14.2 Å². The van der Waals surface area contributed by atoms with Crippen LogP contribution in [0.4, 0.5) is 5.69 Å². The first-order valence-corrected chi connectivity index (χ1v) is 6.66. The Labute approximate surface area is 122 Å². The molecule has 1 saturated heterocycles. The standard InChI is InChI=1S/C15H15N3O3/c1-21-13-5-3-2-4-12(13)18-9-11(8-14(18)19)15(20)17-7-6-16-10-17/h2-7,10-11H,8-9H2,1H3. The molecule has 1 aromatic heterocycles. The van der Waals surface area contributed by atoms with Crippen molar-refractivity contribution in [1.29, 1.82) is 0 Å². The zero-order valence-electron chi connectivity index (χ0n) is 11.6. The van der Waals surface area contributed by atoms with Crippen molar-refractivity contribution in [1.82, 2.24) is 9.55 Å². The Morgan fingerprint density at radius 3 is 2.90 bits per heavy atom. The van der Waals surface area contributed by atoms with E-state index in [1.165, 1.54) is 10.9 Å². The van der Waals surface area contributed by atoms with Crippen LogP contribution < -0.4 is 9.64 Å². The number of aromatic nitrogens is 2. The lowest BCUT2D eigenvalue weighted by Crippen LogP contribution is -2.27. The Morgan fingerprint density at radius 2 is 2.19 bits per heavy atom. The Hall–Kier alpha value is -2.63. The first-order valence-electron chi connectivity index (χ1n) is 6.66. The number of nitrogens with zero attached hydrogens (tertiary/aromatic N) is 3. The monoisotopic (exact) mass is 285 g/mol. The molecule has 0 spiro atoms. The van der Waals surface area contributed by atoms with Crippen LogP contribution in [0.2, 0.25) is 0 Å². The van der Waals surface area contributed by atoms with Crippen molar-refractivity contribution < 1.29 is 14.3 Å². The molecule has 1 aliphatic rings. The maximum atomic E-state index is 12.3. The Morgan fingerprint density at radius 1 is 1.38 bits per heavy atom. The van der Waals surface area contributed by atoms with Crippen molar-refractivity contribution in [2.45, 2.75) is 6.42 Å². The molecule has 6 nitrogen and oxygen atoms in total. The van der Waals surface area contributed by atoms with E-state index in [9.17, 15) is 9.59 Å². The average Bonchev–Trinajstić information content (AvgIpc) is 3.16. The van der Waals surface area contributed by atoms with Crippen molar-refractivity contribution in [2.75, 3.05) is 18.6 Å². The molecule has 1 atom stereocenters. The summed E-state index contributed by atoms with van der Waals surface area (Å²) in [5, 5.41) is 0. The topological polar surface area (TPSA) is 64.4 Å². The summed E-state index contributed by atoms with van der Waals surface area (Å²) in [6.07, 6.45) is 4.80. The fourth-order valence-electron chi connectivity index (χ4n) is 2.56. The molecule has 0 N–H and O–H groups in total. The number of rotatable bonds is 3. The van der Waals surface area contributed by atoms with Crippen molar-refractivity contribution in [2.24, 2.45) is 5.92 Å². The number of anilines is 1. The molecule has 1 aromatic carbocycles. The molecular weight excluding hydrogens is 270 g/mol. The number of carbonyl (C=O) groups excluding carboxylic acids is 2. The molecule has 0 bridgehead atoms. The minimum absolute atomic E-state index is 0.0713. The SMILES string of the molecule is COc1ccccc1N1CC(C(=O)n2ccnc2)CC1=O. The lowest BCUT2D eigenvalue weighted by molar-refractivity contribution is -0.117. The summed E-state index contributed by atoms with van der Waals surface area (Å²) in [5.74, 6) is 0.0782. The predicted octanol–water partition coefficient (Wildman–Crippen LogP) is 1.58. The summed E-state index contributed by atoms with van der Waals surface area (Å²) < 4.78 is 6.70. The van der Waals surface area contributed by atoms with E-state index in [1.807, 2.05) is 18.2 Å². The number of para-hydroxylation sites is 2. The summed E-state index contributed by atoms with van der Waals surface area (Å²) in [6, 6.07) is 7.31. The summed E-state index contributed by atoms with van der Waals surface area (Å²) in [5.41, 5.74) is 0.700. The highest BCUT2D eigenvalue weighted by molar-refractivity contribution is 6.01. The van der Waals surface area contributed by atoms with E-state index in [0.29, 0.717) is 18.0 Å². The predicted molar refractivity (Wildman–Crippen MR) is 76.3 cm³/mol. The average molecular weight is 285 g/mol. The third-order valence-corrected chi connectivity index (χ3v) is 3.61. The quantitative estimate of drug-likeness (QED) is 0.859. The van der Waals surface area contributed by atoms with Crippen LogP contribution in [-0.4, -0.2) is 35.0 Å². The van der Waals surface area contributed by atoms with Gasteiger partial charge < -0.3 is 9.64 Å². The van der Waals surface area contributed by atoms with E-state index < -0.39 is 0 Å². The summed E-state index contributed by atoms with van der Waals surface area (Å²) in [6.45, 7) is 0.357. The molecule has 0 radical (unpaired) electrons. The van der Waals surface area contributed by atoms with Gasteiger partial charge in [0.2, 0.25) is 11.8 Å². The molecule has 3 rings (SSSR count). The molecule has 1 aliphatic heterocycles. The van der Waals surface area contributed by atoms with Gasteiger partial charge in [-0.05, 0) is 12.1 Å². The van der Waals surface area contributed by atoms with Crippen LogP contribution in [0, 0.1) is 5.92 Å². The van der Waals surface area contributed by atoms with E-state index in [0.717, 1.165) is 0 Å². The van der Waals surface area contributed by atoms with Gasteiger partial charge in [-0.2, -0.15) is 0 Å². The first-order chi connectivity index (χ1) is 10.2. The van der Waals surface area contributed by atoms with Crippen LogP contribution in [0.25, 0.3) is 0 Å². The van der Waals surface area contributed by atoms with Crippen LogP contribution in [0.5, 0.6) is 5.75 Å². The van der Waals surface area contributed by atoms with Gasteiger partial charge in [-0.15, -0.1) is 0 Å². The zero-order valence-corrected chi connectivity index (χ0v) is 11.6. The molecule has 0 saturated carbocycles. The second-order valence-electron chi connectivity index (χ2n) is 4.89. The van der Waals surface area contributed by atoms with Gasteiger partial charge in [0, 0.05) is 25.4 Å². The van der Waals surface area contributed by atoms with Crippen LogP contribution in [0.1, 0.15) is 11.2 Å². The van der Waals surface area contributed by atoms with Crippen LogP contribution in [0.3, 0.4) is 0 Å². The number of ether oxygens (including phenoxy) is 1. The molecule has 1 unspecified atom stereocenters. The molecule has 1 fully saturated rings. The maximum Gasteiger partial charge on any atom is 0.237 e. The molecule has 2 heterocycles. The summed E-state index contributed by atoms with van der Waals surface area (Å²) >= 11 is 0. The van der Waals surface area contributed by atoms with E-state index in [-0.39, 0.29) is 24.2 Å². The van der Waals surface area contributed by atoms with Crippen molar-refractivity contribution in [3.05, 3.63) is 43.0 Å². The number of carbonyl (C=O) groups is 2. The van der Waals surface area contributed by atoms with E-state index in [1.54, 1.807) is 30.5 Å². The largest absolute Gasteiger partial charge is 0.495 e. The van der Waals surface area contributed by atoms with Gasteiger partial charge in [-0.1, -0.05) is 12.1 Å². The number of methoxy groups -OCH3 is 1. The number of imidazole rings is 1. The number of amides is 1. The van der Waals surface area contributed by atoms with Gasteiger partial charge in [0.05, 0.1) is 18.7 Å². The number of hydrogen-bond acceptors (Lipinski definition) is 4. The summed E-state index contributed by atoms with van der Waals surface area (Å²) in [7, 11) is 1.56. The smallest absolute Gasteiger partial charge is 0.237 e. The maximum absolute atomic E-state index is 12.3. The van der Waals surface area contributed by atoms with Crippen molar-refractivity contribution in [3.63, 3.8) is 0 Å². The fraction of sp³-hybridized carbons (Fsp3) is 0.267. The normalized spacial score (nSPS) is 18.0. The Kier molecular flexibility index (Phi) is 3.43. The molecule has 6 heteroatoms. The second-order valence-corrected chi connectivity index (χ2v) is 4.89. The second kappa shape index (κ2) is 5.40. The van der Waals surface area contributed by atoms with Crippen molar-refractivity contribution in [3.8, 4) is 5.75 Å². The molecule has 2 aromatic rings. The molecule has 1 amide bonds. The first kappa shape index (κ1) is 13.4. The van der Waals surface area contributed by atoms with Gasteiger partial charge in [-0.25, -0.2) is 4.98 Å². The number of benzene rings is 1. The lowest BCUT2D eigenvalue weighted by Gasteiger charge is -2.19. The Balaban J connectivity index is 1.83. The molecule has 21 heavy (non-hydrogen) atoms. The highest BCUT2D eigenvalue weighted by Gasteiger charge is 2.36. The van der Waals surface area contributed by atoms with Gasteiger partial charge in [0.1, 0.15) is 12.1 Å². The van der Waals surface area contributed by atoms with Crippen LogP contribution >= 0.6 is 0 Å². The van der Waals surface area contributed by atoms with Crippen LogP contribution in [0.15, 0.2) is 43.0 Å². The van der Waals surface area contributed by atoms with Crippen LogP contribution in [-0.2, 0) is 4.79 Å². The minimum Gasteiger partial charge on any atom is -0.495 e. The van der Waals surface area contributed by atoms with Gasteiger partial charge >= 0.3 is 0 Å². The van der Waals surface area contributed by atoms with Gasteiger partial charge in [0.25, 0.3) is 0 Å². The molecule has 0 aliphatic carbocycles. The number of hydrogen-bond donors (Lipinski definition) is 0. The van der Waals surface area contributed by atoms with E-state index in [2.05, 4.69) is 4.98 Å². The zero-order chi connectivity index (χ0) is 14.8. The van der Waals surface area contributed by atoms with E-state index >= 15 is 0 Å². The minimum atomic E-state index is -0.364. The highest BCUT2D eigenvalue weighted by Crippen LogP contribution is 2.33. The van der Waals surface area contributed by atoms with Gasteiger partial charge in [0.15, 0.2) is 0 Å². The van der Waals surface area contributed by atoms with Crippen molar-refractivity contribution >= 4 is 17.5 Å². The Bertz CT molecular complexity index is 667. The van der Waals surface area contributed by atoms with E-state index in [4.69, 9.17) is 4.74 Å². The third kappa shape index (κ3) is 2.40. The summed E-state index contributed by atoms with van der Waals surface area (Å²) in [4.78, 5) is 30.0.